The number of hydrogen-bond acceptors (Lipinski definition) is 6. The molecule has 6 nitrogen and oxygen atoms in total. The molecule has 7 heteroatoms. The lowest BCUT2D eigenvalue weighted by atomic mass is 10.0. The number of anilines is 1. The van der Waals surface area contributed by atoms with E-state index in [0.717, 1.165) is 62.5 Å². The zero-order valence-electron chi connectivity index (χ0n) is 20.0. The summed E-state index contributed by atoms with van der Waals surface area (Å²) >= 11 is 1.69. The van der Waals surface area contributed by atoms with Crippen LogP contribution in [0.4, 0.5) is 5.69 Å². The van der Waals surface area contributed by atoms with Gasteiger partial charge in [0.2, 0.25) is 0 Å². The van der Waals surface area contributed by atoms with Gasteiger partial charge in [-0.2, -0.15) is 0 Å². The fraction of sp³-hybridized carbons (Fsp3) is 0.407. The van der Waals surface area contributed by atoms with Crippen molar-refractivity contribution in [2.75, 3.05) is 51.2 Å². The van der Waals surface area contributed by atoms with Crippen molar-refractivity contribution < 1.29 is 0 Å². The number of hydrogen-bond donors (Lipinski definition) is 0. The number of fused-ring (bicyclic) bond motifs is 4. The molecule has 1 fully saturated rings. The number of rotatable bonds is 4. The highest BCUT2D eigenvalue weighted by Gasteiger charge is 2.23. The number of likely N-dealkylation sites (N-methyl/N-ethyl adjacent to an activating group) is 1. The number of benzene rings is 2. The van der Waals surface area contributed by atoms with Crippen molar-refractivity contribution in [3.8, 4) is 0 Å². The Labute approximate surface area is 204 Å². The first-order chi connectivity index (χ1) is 16.6. The lowest BCUT2D eigenvalue weighted by molar-refractivity contribution is 0.247. The van der Waals surface area contributed by atoms with Crippen LogP contribution in [0.3, 0.4) is 0 Å². The highest BCUT2D eigenvalue weighted by atomic mass is 32.1. The van der Waals surface area contributed by atoms with Crippen molar-refractivity contribution in [1.29, 1.82) is 0 Å². The van der Waals surface area contributed by atoms with Gasteiger partial charge < -0.3 is 9.80 Å². The van der Waals surface area contributed by atoms with Crippen LogP contribution in [-0.4, -0.2) is 65.7 Å². The molecule has 176 valence electrons. The van der Waals surface area contributed by atoms with Crippen molar-refractivity contribution in [1.82, 2.24) is 19.4 Å². The van der Waals surface area contributed by atoms with Crippen LogP contribution in [0.25, 0.3) is 21.0 Å². The molecule has 0 N–H and O–H groups in total. The van der Waals surface area contributed by atoms with E-state index in [9.17, 15) is 4.79 Å². The van der Waals surface area contributed by atoms with Crippen molar-refractivity contribution in [3.05, 3.63) is 69.1 Å². The van der Waals surface area contributed by atoms with Crippen LogP contribution in [0.15, 0.2) is 47.5 Å². The second-order valence-electron chi connectivity index (χ2n) is 9.69. The van der Waals surface area contributed by atoms with Gasteiger partial charge in [0.1, 0.15) is 4.83 Å². The SMILES string of the molecule is Cc1ccc(N2CCN(CCn3cnc4sc5c(c4c3=O)CCN(C)C5)CC2)c2ccccc12. The smallest absolute Gasteiger partial charge is 0.262 e. The average Bonchev–Trinajstić information content (AvgIpc) is 3.23. The summed E-state index contributed by atoms with van der Waals surface area (Å²) in [5, 5.41) is 3.55. The molecular formula is C27H31N5OS. The van der Waals surface area contributed by atoms with E-state index in [4.69, 9.17) is 0 Å². The van der Waals surface area contributed by atoms with Crippen LogP contribution < -0.4 is 10.5 Å². The monoisotopic (exact) mass is 473 g/mol. The molecule has 0 aliphatic carbocycles. The number of piperazine rings is 1. The first-order valence-electron chi connectivity index (χ1n) is 12.2. The summed E-state index contributed by atoms with van der Waals surface area (Å²) in [6.07, 6.45) is 2.70. The molecular weight excluding hydrogens is 442 g/mol. The fourth-order valence-electron chi connectivity index (χ4n) is 5.48. The summed E-state index contributed by atoms with van der Waals surface area (Å²) < 4.78 is 1.83. The Hall–Kier alpha value is -2.74. The maximum Gasteiger partial charge on any atom is 0.262 e. The van der Waals surface area contributed by atoms with Crippen LogP contribution in [0.5, 0.6) is 0 Å². The molecule has 0 atom stereocenters. The number of aryl methyl sites for hydroxylation is 1. The van der Waals surface area contributed by atoms with Gasteiger partial charge in [-0.25, -0.2) is 4.98 Å². The van der Waals surface area contributed by atoms with Crippen LogP contribution in [0, 0.1) is 6.92 Å². The van der Waals surface area contributed by atoms with Crippen molar-refractivity contribution >= 4 is 38.0 Å². The molecule has 0 spiro atoms. The molecule has 2 aromatic heterocycles. The molecule has 2 aliphatic rings. The van der Waals surface area contributed by atoms with Gasteiger partial charge in [0, 0.05) is 68.3 Å². The summed E-state index contributed by atoms with van der Waals surface area (Å²) in [4.78, 5) is 27.5. The molecule has 0 radical (unpaired) electrons. The standard InChI is InChI=1S/C27H31N5OS/c1-19-7-8-23(21-6-4-3-5-20(19)21)31-14-11-30(12-15-31)13-16-32-18-28-26-25(27(32)33)22-9-10-29(2)17-24(22)34-26/h3-8,18H,9-17H2,1-2H3. The fourth-order valence-corrected chi connectivity index (χ4v) is 6.73. The Morgan fingerprint density at radius 2 is 1.76 bits per heavy atom. The van der Waals surface area contributed by atoms with Crippen molar-refractivity contribution in [2.24, 2.45) is 0 Å². The van der Waals surface area contributed by atoms with E-state index in [1.807, 2.05) is 4.57 Å². The minimum absolute atomic E-state index is 0.136. The van der Waals surface area contributed by atoms with Crippen molar-refractivity contribution in [2.45, 2.75) is 26.4 Å². The summed E-state index contributed by atoms with van der Waals surface area (Å²) in [7, 11) is 2.14. The molecule has 2 aliphatic heterocycles. The average molecular weight is 474 g/mol. The second-order valence-corrected chi connectivity index (χ2v) is 10.8. The summed E-state index contributed by atoms with van der Waals surface area (Å²) in [6, 6.07) is 13.2. The van der Waals surface area contributed by atoms with Crippen molar-refractivity contribution in [3.63, 3.8) is 0 Å². The molecule has 4 aromatic rings. The highest BCUT2D eigenvalue weighted by molar-refractivity contribution is 7.18. The van der Waals surface area contributed by atoms with E-state index >= 15 is 0 Å². The predicted octanol–water partition coefficient (Wildman–Crippen LogP) is 3.73. The summed E-state index contributed by atoms with van der Waals surface area (Å²) in [6.45, 7) is 9.71. The molecule has 34 heavy (non-hydrogen) atoms. The van der Waals surface area contributed by atoms with Gasteiger partial charge >= 0.3 is 0 Å². The lowest BCUT2D eigenvalue weighted by Gasteiger charge is -2.36. The zero-order valence-corrected chi connectivity index (χ0v) is 20.8. The van der Waals surface area contributed by atoms with Crippen LogP contribution in [0.1, 0.15) is 16.0 Å². The molecule has 1 saturated heterocycles. The van der Waals surface area contributed by atoms with Gasteiger partial charge in [0.05, 0.1) is 11.7 Å². The minimum atomic E-state index is 0.136. The number of aromatic nitrogens is 2. The van der Waals surface area contributed by atoms with E-state index in [-0.39, 0.29) is 5.56 Å². The van der Waals surface area contributed by atoms with E-state index < -0.39 is 0 Å². The minimum Gasteiger partial charge on any atom is -0.368 e. The predicted molar refractivity (Wildman–Crippen MR) is 141 cm³/mol. The third-order valence-electron chi connectivity index (χ3n) is 7.51. The van der Waals surface area contributed by atoms with E-state index in [1.54, 1.807) is 17.7 Å². The highest BCUT2D eigenvalue weighted by Crippen LogP contribution is 2.32. The largest absolute Gasteiger partial charge is 0.368 e. The van der Waals surface area contributed by atoms with Gasteiger partial charge in [-0.15, -0.1) is 11.3 Å². The normalized spacial score (nSPS) is 17.5. The zero-order chi connectivity index (χ0) is 23.2. The van der Waals surface area contributed by atoms with Crippen LogP contribution >= 0.6 is 11.3 Å². The molecule has 4 heterocycles. The number of thiophene rings is 1. The third-order valence-corrected chi connectivity index (χ3v) is 8.63. The van der Waals surface area contributed by atoms with E-state index in [0.29, 0.717) is 6.54 Å². The first-order valence-corrected chi connectivity index (χ1v) is 13.0. The molecule has 6 rings (SSSR count). The first kappa shape index (κ1) is 21.8. The van der Waals surface area contributed by atoms with Crippen LogP contribution in [-0.2, 0) is 19.5 Å². The topological polar surface area (TPSA) is 44.6 Å². The van der Waals surface area contributed by atoms with E-state index in [2.05, 4.69) is 70.1 Å². The molecule has 0 saturated carbocycles. The van der Waals surface area contributed by atoms with Gasteiger partial charge in [-0.3, -0.25) is 14.3 Å². The van der Waals surface area contributed by atoms with Crippen LogP contribution in [0.2, 0.25) is 0 Å². The Balaban J connectivity index is 1.14. The van der Waals surface area contributed by atoms with Gasteiger partial charge in [-0.05, 0) is 43.0 Å². The maximum absolute atomic E-state index is 13.3. The van der Waals surface area contributed by atoms with Gasteiger partial charge in [0.15, 0.2) is 0 Å². The van der Waals surface area contributed by atoms with Gasteiger partial charge in [0.25, 0.3) is 5.56 Å². The second kappa shape index (κ2) is 8.80. The molecule has 0 bridgehead atoms. The maximum atomic E-state index is 13.3. The Bertz CT molecular complexity index is 1420. The molecule has 0 unspecified atom stereocenters. The number of nitrogens with zero attached hydrogens (tertiary/aromatic N) is 5. The quantitative estimate of drug-likeness (QED) is 0.452. The van der Waals surface area contributed by atoms with E-state index in [1.165, 1.54) is 32.5 Å². The lowest BCUT2D eigenvalue weighted by Crippen LogP contribution is -2.47. The summed E-state index contributed by atoms with van der Waals surface area (Å²) in [5.74, 6) is 0. The molecule has 2 aromatic carbocycles. The summed E-state index contributed by atoms with van der Waals surface area (Å²) in [5.41, 5.74) is 4.04. The third kappa shape index (κ3) is 3.82. The van der Waals surface area contributed by atoms with Gasteiger partial charge in [-0.1, -0.05) is 30.3 Å². The Kier molecular flexibility index (Phi) is 5.63. The Morgan fingerprint density at radius 3 is 2.59 bits per heavy atom. The Morgan fingerprint density at radius 1 is 0.971 bits per heavy atom. The molecule has 0 amide bonds.